The molecule has 0 spiro atoms. The fourth-order valence-electron chi connectivity index (χ4n) is 2.01. The molecule has 1 atom stereocenters. The number of amidine groups is 1. The Morgan fingerprint density at radius 3 is 2.42 bits per heavy atom. The van der Waals surface area contributed by atoms with Crippen molar-refractivity contribution in [2.24, 2.45) is 16.5 Å². The van der Waals surface area contributed by atoms with Crippen LogP contribution in [0.5, 0.6) is 0 Å². The number of amides is 1. The summed E-state index contributed by atoms with van der Waals surface area (Å²) in [6.07, 6.45) is 0. The fraction of sp³-hybridized carbons (Fsp3) is 0.118. The van der Waals surface area contributed by atoms with E-state index in [0.29, 0.717) is 9.21 Å². The molecule has 1 heterocycles. The van der Waals surface area contributed by atoms with Gasteiger partial charge in [0, 0.05) is 15.1 Å². The minimum Gasteiger partial charge on any atom is -0.383 e. The van der Waals surface area contributed by atoms with Crippen molar-refractivity contribution in [3.05, 3.63) is 58.5 Å². The summed E-state index contributed by atoms with van der Waals surface area (Å²) in [5, 5.41) is 1.91. The van der Waals surface area contributed by atoms with E-state index in [0.717, 1.165) is 22.5 Å². The number of carbonyl (C=O) groups excluding carboxylic acids is 1. The summed E-state index contributed by atoms with van der Waals surface area (Å²) in [7, 11) is -2.66. The van der Waals surface area contributed by atoms with E-state index in [1.54, 1.807) is 5.41 Å². The summed E-state index contributed by atoms with van der Waals surface area (Å²) >= 11 is 1.11. The average molecular weight is 361 g/mol. The summed E-state index contributed by atoms with van der Waals surface area (Å²) in [6.45, 7) is 3.67. The van der Waals surface area contributed by atoms with E-state index in [1.165, 1.54) is 6.07 Å². The van der Waals surface area contributed by atoms with E-state index in [9.17, 15) is 9.00 Å². The van der Waals surface area contributed by atoms with Gasteiger partial charge in [-0.3, -0.25) is 9.00 Å². The second-order valence-corrected chi connectivity index (χ2v) is 8.85. The van der Waals surface area contributed by atoms with Gasteiger partial charge in [-0.25, -0.2) is 4.99 Å². The zero-order valence-corrected chi connectivity index (χ0v) is 15.1. The Balaban J connectivity index is 2.55. The van der Waals surface area contributed by atoms with Crippen molar-refractivity contribution in [3.63, 3.8) is 0 Å². The van der Waals surface area contributed by atoms with Crippen LogP contribution in [0.3, 0.4) is 0 Å². The lowest BCUT2D eigenvalue weighted by Crippen LogP contribution is -2.13. The number of hydrogen-bond donors (Lipinski definition) is 2. The third-order valence-electron chi connectivity index (χ3n) is 3.01. The molecule has 0 saturated carbocycles. The van der Waals surface area contributed by atoms with E-state index in [4.69, 9.17) is 11.5 Å². The Labute approximate surface area is 145 Å². The quantitative estimate of drug-likeness (QED) is 0.486. The minimum atomic E-state index is -2.66. The van der Waals surface area contributed by atoms with Crippen LogP contribution in [0.1, 0.15) is 29.8 Å². The van der Waals surface area contributed by atoms with Crippen LogP contribution in [-0.4, -0.2) is 21.8 Å². The Bertz CT molecular complexity index is 920. The number of rotatable bonds is 5. The lowest BCUT2D eigenvalue weighted by Gasteiger charge is -2.01. The zero-order chi connectivity index (χ0) is 17.9. The van der Waals surface area contributed by atoms with E-state index >= 15 is 0 Å². The predicted molar refractivity (Wildman–Crippen MR) is 103 cm³/mol. The summed E-state index contributed by atoms with van der Waals surface area (Å²) in [5.41, 5.74) is 13.2. The first-order valence-corrected chi connectivity index (χ1v) is 9.67. The van der Waals surface area contributed by atoms with E-state index in [2.05, 4.69) is 10.9 Å². The topological polar surface area (TPSA) is 98.5 Å². The monoisotopic (exact) mass is 361 g/mol. The van der Waals surface area contributed by atoms with Crippen LogP contribution in [0, 0.1) is 0 Å². The number of benzene rings is 1. The molecule has 2 aromatic rings. The largest absolute Gasteiger partial charge is 0.383 e. The molecule has 126 valence electrons. The molecule has 1 aromatic carbocycles. The Kier molecular flexibility index (Phi) is 5.26. The molecule has 2 rings (SSSR count). The van der Waals surface area contributed by atoms with Crippen LogP contribution in [0.4, 0.5) is 5.00 Å². The predicted octanol–water partition coefficient (Wildman–Crippen LogP) is 2.88. The van der Waals surface area contributed by atoms with Crippen LogP contribution >= 0.6 is 11.3 Å². The van der Waals surface area contributed by atoms with Gasteiger partial charge in [-0.1, -0.05) is 35.9 Å². The van der Waals surface area contributed by atoms with Gasteiger partial charge < -0.3 is 11.5 Å². The van der Waals surface area contributed by atoms with Gasteiger partial charge in [0.05, 0.1) is 9.77 Å². The van der Waals surface area contributed by atoms with Crippen LogP contribution in [0.2, 0.25) is 0 Å². The highest BCUT2D eigenvalue weighted by Gasteiger charge is 2.18. The van der Waals surface area contributed by atoms with Crippen molar-refractivity contribution in [1.29, 1.82) is 0 Å². The first-order chi connectivity index (χ1) is 11.2. The van der Waals surface area contributed by atoms with Crippen molar-refractivity contribution >= 4 is 43.5 Å². The standard InChI is InChI=1S/C17H19N3O2S2/c1-11(2)10-24(3,22)14-9-13(16(19)21)17(23-14)20-15(18)12-7-5-4-6-8-12/h4-10H,3H2,1-2H3,(H2,18,20)(H2,19,21). The van der Waals surface area contributed by atoms with Crippen LogP contribution in [-0.2, 0) is 9.52 Å². The number of hydrogen-bond acceptors (Lipinski definition) is 4. The number of carbonyl (C=O) groups is 1. The van der Waals surface area contributed by atoms with Gasteiger partial charge in [0.2, 0.25) is 0 Å². The molecule has 7 heteroatoms. The summed E-state index contributed by atoms with van der Waals surface area (Å²) in [6, 6.07) is 10.6. The Morgan fingerprint density at radius 1 is 1.25 bits per heavy atom. The lowest BCUT2D eigenvalue weighted by molar-refractivity contribution is 0.100. The molecule has 1 aromatic heterocycles. The second kappa shape index (κ2) is 7.02. The third-order valence-corrected chi connectivity index (χ3v) is 6.58. The van der Waals surface area contributed by atoms with E-state index in [-0.39, 0.29) is 11.4 Å². The molecule has 0 aliphatic heterocycles. The average Bonchev–Trinajstić information content (AvgIpc) is 2.92. The van der Waals surface area contributed by atoms with Crippen LogP contribution in [0.15, 0.2) is 56.6 Å². The van der Waals surface area contributed by atoms with Crippen LogP contribution < -0.4 is 11.5 Å². The van der Waals surface area contributed by atoms with Gasteiger partial charge in [-0.15, -0.1) is 11.3 Å². The van der Waals surface area contributed by atoms with Gasteiger partial charge in [0.25, 0.3) is 5.91 Å². The highest BCUT2D eigenvalue weighted by molar-refractivity contribution is 8.04. The normalized spacial score (nSPS) is 14.0. The van der Waals surface area contributed by atoms with Crippen molar-refractivity contribution in [3.8, 4) is 0 Å². The Morgan fingerprint density at radius 2 is 1.88 bits per heavy atom. The van der Waals surface area contributed by atoms with Crippen molar-refractivity contribution in [2.45, 2.75) is 18.1 Å². The van der Waals surface area contributed by atoms with Gasteiger partial charge >= 0.3 is 0 Å². The molecule has 4 N–H and O–H groups in total. The molecule has 5 nitrogen and oxygen atoms in total. The number of thiophene rings is 1. The van der Waals surface area contributed by atoms with Gasteiger partial charge in [0.15, 0.2) is 0 Å². The van der Waals surface area contributed by atoms with Gasteiger partial charge in [-0.2, -0.15) is 0 Å². The molecule has 1 amide bonds. The number of aliphatic imine (C=N–C) groups is 1. The molecular weight excluding hydrogens is 342 g/mol. The van der Waals surface area contributed by atoms with E-state index < -0.39 is 15.4 Å². The molecule has 0 fully saturated rings. The smallest absolute Gasteiger partial charge is 0.251 e. The van der Waals surface area contributed by atoms with E-state index in [1.807, 2.05) is 44.2 Å². The molecule has 0 aliphatic rings. The molecular formula is C17H19N3O2S2. The number of primary amides is 1. The fourth-order valence-corrected chi connectivity index (χ4v) is 4.93. The number of nitrogens with zero attached hydrogens (tertiary/aromatic N) is 1. The molecule has 0 bridgehead atoms. The maximum atomic E-state index is 12.7. The lowest BCUT2D eigenvalue weighted by atomic mass is 10.2. The summed E-state index contributed by atoms with van der Waals surface area (Å²) in [5.74, 6) is 3.37. The highest BCUT2D eigenvalue weighted by atomic mass is 32.2. The SMILES string of the molecule is C=S(=O)(C=C(C)C)c1cc(C(N)=O)c(N=C(N)c2ccccc2)s1. The molecule has 24 heavy (non-hydrogen) atoms. The van der Waals surface area contributed by atoms with Crippen LogP contribution in [0.25, 0.3) is 0 Å². The van der Waals surface area contributed by atoms with Crippen molar-refractivity contribution in [1.82, 2.24) is 0 Å². The molecule has 1 unspecified atom stereocenters. The first-order valence-electron chi connectivity index (χ1n) is 7.06. The maximum absolute atomic E-state index is 12.7. The second-order valence-electron chi connectivity index (χ2n) is 5.43. The Hall–Kier alpha value is -2.38. The molecule has 0 saturated heterocycles. The minimum absolute atomic E-state index is 0.187. The van der Waals surface area contributed by atoms with Crippen molar-refractivity contribution < 1.29 is 9.00 Å². The molecule has 0 radical (unpaired) electrons. The van der Waals surface area contributed by atoms with Crippen molar-refractivity contribution in [2.75, 3.05) is 0 Å². The summed E-state index contributed by atoms with van der Waals surface area (Å²) in [4.78, 5) is 16.0. The number of allylic oxidation sites excluding steroid dienone is 1. The highest BCUT2D eigenvalue weighted by Crippen LogP contribution is 2.35. The molecule has 0 aliphatic carbocycles. The third kappa shape index (κ3) is 4.12. The zero-order valence-electron chi connectivity index (χ0n) is 13.5. The van der Waals surface area contributed by atoms with Gasteiger partial charge in [-0.05, 0) is 31.2 Å². The van der Waals surface area contributed by atoms with Gasteiger partial charge in [0.1, 0.15) is 10.8 Å². The summed E-state index contributed by atoms with van der Waals surface area (Å²) < 4.78 is 13.2. The maximum Gasteiger partial charge on any atom is 0.251 e. The first kappa shape index (κ1) is 18.0. The number of nitrogens with two attached hydrogens (primary N) is 2.